The van der Waals surface area contributed by atoms with Crippen molar-refractivity contribution in [1.29, 1.82) is 0 Å². The highest BCUT2D eigenvalue weighted by molar-refractivity contribution is 5.92. The predicted molar refractivity (Wildman–Crippen MR) is 128 cm³/mol. The van der Waals surface area contributed by atoms with Crippen molar-refractivity contribution in [3.05, 3.63) is 76.1 Å². The van der Waals surface area contributed by atoms with Gasteiger partial charge in [0.2, 0.25) is 0 Å². The van der Waals surface area contributed by atoms with E-state index in [1.807, 2.05) is 18.3 Å². The fourth-order valence-corrected chi connectivity index (χ4v) is 3.97. The topological polar surface area (TPSA) is 66.2 Å². The van der Waals surface area contributed by atoms with E-state index in [0.29, 0.717) is 33.5 Å². The van der Waals surface area contributed by atoms with Crippen LogP contribution in [0.15, 0.2) is 48.9 Å². The molecule has 4 heteroatoms. The number of phenolic OH excluding ortho intramolecular Hbond substituents is 2. The molecule has 156 valence electrons. The molecule has 4 aromatic rings. The minimum Gasteiger partial charge on any atom is -0.507 e. The molecule has 4 rings (SSSR count). The molecule has 31 heavy (non-hydrogen) atoms. The molecule has 2 heterocycles. The Morgan fingerprint density at radius 3 is 2.68 bits per heavy atom. The van der Waals surface area contributed by atoms with Crippen LogP contribution in [0.25, 0.3) is 40.4 Å². The smallest absolute Gasteiger partial charge is 0.132 e. The predicted octanol–water partition coefficient (Wildman–Crippen LogP) is 4.61. The highest BCUT2D eigenvalue weighted by atomic mass is 16.3. The van der Waals surface area contributed by atoms with E-state index in [1.54, 1.807) is 18.5 Å². The van der Waals surface area contributed by atoms with Gasteiger partial charge in [-0.05, 0) is 54.2 Å². The van der Waals surface area contributed by atoms with E-state index in [-0.39, 0.29) is 11.5 Å². The van der Waals surface area contributed by atoms with E-state index in [4.69, 9.17) is 0 Å². The van der Waals surface area contributed by atoms with Gasteiger partial charge in [0.15, 0.2) is 0 Å². The van der Waals surface area contributed by atoms with Crippen LogP contribution >= 0.6 is 0 Å². The average Bonchev–Trinajstić information content (AvgIpc) is 2.77. The molecule has 2 N–H and O–H groups in total. The van der Waals surface area contributed by atoms with Crippen LogP contribution in [0, 0.1) is 12.8 Å². The first-order chi connectivity index (χ1) is 14.9. The standard InChI is InChI=1S/C27H26N2O2/c1-16(2)7-9-21-17(3)25-20(6-5-12-29-25)14-19(21)8-10-22-18(4)26(30)23-11-13-28-15-24(23)27(22)31/h5-7,9-16,30-31H,4,8H2,1-3H3/b9-7-,22-10+. The van der Waals surface area contributed by atoms with Gasteiger partial charge in [0.25, 0.3) is 0 Å². The lowest BCUT2D eigenvalue weighted by atomic mass is 9.94. The molecule has 2 aromatic carbocycles. The maximum absolute atomic E-state index is 10.9. The monoisotopic (exact) mass is 410 g/mol. The molecule has 0 amide bonds. The van der Waals surface area contributed by atoms with Crippen molar-refractivity contribution in [2.75, 3.05) is 0 Å². The van der Waals surface area contributed by atoms with Crippen LogP contribution in [0.5, 0.6) is 11.5 Å². The third-order valence-corrected chi connectivity index (χ3v) is 5.65. The average molecular weight is 411 g/mol. The number of benzene rings is 2. The van der Waals surface area contributed by atoms with Crippen LogP contribution in [0.1, 0.15) is 30.5 Å². The number of pyridine rings is 2. The van der Waals surface area contributed by atoms with Crippen molar-refractivity contribution < 1.29 is 10.2 Å². The van der Waals surface area contributed by atoms with E-state index in [2.05, 4.69) is 61.6 Å². The third kappa shape index (κ3) is 3.77. The quantitative estimate of drug-likeness (QED) is 0.483. The lowest BCUT2D eigenvalue weighted by Crippen LogP contribution is -2.24. The van der Waals surface area contributed by atoms with Gasteiger partial charge in [-0.1, -0.05) is 44.7 Å². The van der Waals surface area contributed by atoms with Gasteiger partial charge >= 0.3 is 0 Å². The molecule has 0 saturated carbocycles. The fraction of sp³-hybridized carbons (Fsp3) is 0.185. The summed E-state index contributed by atoms with van der Waals surface area (Å²) in [4.78, 5) is 8.65. The fourth-order valence-electron chi connectivity index (χ4n) is 3.97. The van der Waals surface area contributed by atoms with Crippen molar-refractivity contribution in [1.82, 2.24) is 9.97 Å². The zero-order chi connectivity index (χ0) is 22.1. The largest absolute Gasteiger partial charge is 0.507 e. The summed E-state index contributed by atoms with van der Waals surface area (Å²) in [5, 5.41) is 24.5. The van der Waals surface area contributed by atoms with E-state index >= 15 is 0 Å². The van der Waals surface area contributed by atoms with Crippen molar-refractivity contribution in [3.63, 3.8) is 0 Å². The van der Waals surface area contributed by atoms with Crippen LogP contribution in [0.2, 0.25) is 0 Å². The number of hydrogen-bond donors (Lipinski definition) is 2. The summed E-state index contributed by atoms with van der Waals surface area (Å²) < 4.78 is 0. The number of allylic oxidation sites excluding steroid dienone is 1. The third-order valence-electron chi connectivity index (χ3n) is 5.65. The van der Waals surface area contributed by atoms with Gasteiger partial charge in [0.05, 0.1) is 5.52 Å². The van der Waals surface area contributed by atoms with Crippen molar-refractivity contribution in [3.8, 4) is 11.5 Å². The molecular formula is C27H26N2O2. The normalized spacial score (nSPS) is 12.6. The number of fused-ring (bicyclic) bond motifs is 2. The van der Waals surface area contributed by atoms with Gasteiger partial charge in [0.1, 0.15) is 11.5 Å². The van der Waals surface area contributed by atoms with Gasteiger partial charge in [-0.15, -0.1) is 0 Å². The molecule has 0 bridgehead atoms. The van der Waals surface area contributed by atoms with Gasteiger partial charge in [0, 0.05) is 45.2 Å². The Kier molecular flexibility index (Phi) is 5.47. The summed E-state index contributed by atoms with van der Waals surface area (Å²) >= 11 is 0. The molecule has 2 aromatic heterocycles. The molecule has 0 aliphatic heterocycles. The number of hydrogen-bond acceptors (Lipinski definition) is 4. The number of aromatic hydroxyl groups is 2. The van der Waals surface area contributed by atoms with Gasteiger partial charge in [-0.25, -0.2) is 0 Å². The second-order valence-corrected chi connectivity index (χ2v) is 8.17. The highest BCUT2D eigenvalue weighted by Crippen LogP contribution is 2.27. The second kappa shape index (κ2) is 8.23. The maximum atomic E-state index is 10.9. The zero-order valence-electron chi connectivity index (χ0n) is 18.1. The van der Waals surface area contributed by atoms with E-state index < -0.39 is 0 Å². The molecule has 0 radical (unpaired) electrons. The summed E-state index contributed by atoms with van der Waals surface area (Å²) in [6.07, 6.45) is 11.8. The summed E-state index contributed by atoms with van der Waals surface area (Å²) in [5.41, 5.74) is 4.38. The van der Waals surface area contributed by atoms with Crippen LogP contribution < -0.4 is 10.4 Å². The SMILES string of the molecule is C=c1c(O)c2ccncc2c(O)/c1=C/Cc1cc2cccnc2c(C)c1/C=C\C(C)C. The molecule has 0 aliphatic rings. The molecule has 0 saturated heterocycles. The van der Waals surface area contributed by atoms with Crippen molar-refractivity contribution in [2.45, 2.75) is 27.2 Å². The summed E-state index contributed by atoms with van der Waals surface area (Å²) in [7, 11) is 0. The summed E-state index contributed by atoms with van der Waals surface area (Å²) in [5.74, 6) is 0.584. The van der Waals surface area contributed by atoms with Crippen molar-refractivity contribution in [2.24, 2.45) is 5.92 Å². The van der Waals surface area contributed by atoms with Gasteiger partial charge in [-0.2, -0.15) is 0 Å². The van der Waals surface area contributed by atoms with Crippen LogP contribution in [-0.2, 0) is 6.42 Å². The number of phenols is 2. The molecule has 0 atom stereocenters. The maximum Gasteiger partial charge on any atom is 0.132 e. The number of rotatable bonds is 4. The first kappa shape index (κ1) is 20.6. The summed E-state index contributed by atoms with van der Waals surface area (Å²) in [6.45, 7) is 10.4. The number of aromatic nitrogens is 2. The van der Waals surface area contributed by atoms with Crippen LogP contribution in [0.3, 0.4) is 0 Å². The van der Waals surface area contributed by atoms with E-state index in [1.165, 1.54) is 0 Å². The Hall–Kier alpha value is -3.66. The Morgan fingerprint density at radius 2 is 1.90 bits per heavy atom. The van der Waals surface area contributed by atoms with E-state index in [0.717, 1.165) is 27.6 Å². The molecule has 4 nitrogen and oxygen atoms in total. The number of aryl methyl sites for hydroxylation is 1. The van der Waals surface area contributed by atoms with Gasteiger partial charge in [-0.3, -0.25) is 9.97 Å². The molecule has 0 fully saturated rings. The van der Waals surface area contributed by atoms with Gasteiger partial charge < -0.3 is 10.2 Å². The van der Waals surface area contributed by atoms with Crippen LogP contribution in [0.4, 0.5) is 0 Å². The lowest BCUT2D eigenvalue weighted by Gasteiger charge is -2.12. The molecule has 0 unspecified atom stereocenters. The second-order valence-electron chi connectivity index (χ2n) is 8.17. The molecule has 0 aliphatic carbocycles. The summed E-state index contributed by atoms with van der Waals surface area (Å²) in [6, 6.07) is 7.82. The minimum atomic E-state index is 0.0697. The van der Waals surface area contributed by atoms with Crippen LogP contribution in [-0.4, -0.2) is 20.2 Å². The lowest BCUT2D eigenvalue weighted by molar-refractivity contribution is 0.462. The zero-order valence-corrected chi connectivity index (χ0v) is 18.1. The Bertz CT molecular complexity index is 1440. The van der Waals surface area contributed by atoms with E-state index in [9.17, 15) is 10.2 Å². The first-order valence-electron chi connectivity index (χ1n) is 10.4. The number of nitrogens with zero attached hydrogens (tertiary/aromatic N) is 2. The highest BCUT2D eigenvalue weighted by Gasteiger charge is 2.11. The Balaban J connectivity index is 1.92. The Labute approximate surface area is 181 Å². The first-order valence-corrected chi connectivity index (χ1v) is 10.4. The van der Waals surface area contributed by atoms with Crippen molar-refractivity contribution >= 4 is 40.4 Å². The Morgan fingerprint density at radius 1 is 1.10 bits per heavy atom. The molecular weight excluding hydrogens is 384 g/mol. The minimum absolute atomic E-state index is 0.0697. The molecule has 0 spiro atoms.